The molecule has 6 nitrogen and oxygen atoms in total. The third kappa shape index (κ3) is 1.68. The Morgan fingerprint density at radius 3 is 2.57 bits per heavy atom. The van der Waals surface area contributed by atoms with Gasteiger partial charge >= 0.3 is 5.69 Å². The molecular formula is C6H5F2N3O3. The number of nitrogens with two attached hydrogens (primary N) is 1. The molecule has 0 saturated carbocycles. The molecule has 1 aromatic rings. The number of hydrogen-bond donors (Lipinski definition) is 2. The Kier molecular flexibility index (Phi) is 2.45. The third-order valence-electron chi connectivity index (χ3n) is 1.45. The maximum Gasteiger partial charge on any atom is 0.341 e. The van der Waals surface area contributed by atoms with E-state index in [-0.39, 0.29) is 5.82 Å². The van der Waals surface area contributed by atoms with Crippen LogP contribution < -0.4 is 11.2 Å². The minimum atomic E-state index is -3.15. The van der Waals surface area contributed by atoms with E-state index in [1.807, 2.05) is 4.98 Å². The Morgan fingerprint density at radius 1 is 1.57 bits per heavy atom. The van der Waals surface area contributed by atoms with Crippen LogP contribution in [0.1, 0.15) is 12.1 Å². The molecule has 0 atom stereocenters. The fourth-order valence-corrected chi connectivity index (χ4v) is 0.939. The zero-order chi connectivity index (χ0) is 10.9. The molecule has 1 heterocycles. The lowest BCUT2D eigenvalue weighted by Crippen LogP contribution is -2.14. The van der Waals surface area contributed by atoms with Crippen molar-refractivity contribution >= 4 is 11.5 Å². The highest BCUT2D eigenvalue weighted by Crippen LogP contribution is 2.24. The van der Waals surface area contributed by atoms with Crippen molar-refractivity contribution in [2.24, 2.45) is 0 Å². The van der Waals surface area contributed by atoms with Gasteiger partial charge in [0.05, 0.1) is 4.92 Å². The van der Waals surface area contributed by atoms with Crippen LogP contribution in [0.25, 0.3) is 0 Å². The lowest BCUT2D eigenvalue weighted by molar-refractivity contribution is -0.387. The molecule has 0 aromatic carbocycles. The first-order valence-electron chi connectivity index (χ1n) is 3.38. The third-order valence-corrected chi connectivity index (χ3v) is 1.45. The number of alkyl halides is 2. The van der Waals surface area contributed by atoms with Crippen molar-refractivity contribution in [2.75, 3.05) is 5.73 Å². The minimum Gasteiger partial charge on any atom is -0.385 e. The second-order valence-corrected chi connectivity index (χ2v) is 2.41. The first-order chi connectivity index (χ1) is 6.43. The number of pyridine rings is 1. The Hall–Kier alpha value is -1.99. The van der Waals surface area contributed by atoms with E-state index in [0.29, 0.717) is 6.07 Å². The Balaban J connectivity index is 3.53. The van der Waals surface area contributed by atoms with E-state index in [1.165, 1.54) is 0 Å². The van der Waals surface area contributed by atoms with E-state index in [1.54, 1.807) is 0 Å². The van der Waals surface area contributed by atoms with Crippen LogP contribution in [-0.4, -0.2) is 9.91 Å². The van der Waals surface area contributed by atoms with Crippen molar-refractivity contribution in [1.82, 2.24) is 4.98 Å². The molecule has 0 spiro atoms. The number of aromatic nitrogens is 1. The summed E-state index contributed by atoms with van der Waals surface area (Å²) in [5.41, 5.74) is 1.68. The maximum atomic E-state index is 12.2. The van der Waals surface area contributed by atoms with Crippen LogP contribution in [0, 0.1) is 10.1 Å². The fraction of sp³-hybridized carbons (Fsp3) is 0.167. The van der Waals surface area contributed by atoms with E-state index >= 15 is 0 Å². The van der Waals surface area contributed by atoms with Gasteiger partial charge in [-0.3, -0.25) is 14.9 Å². The number of nitrogen functional groups attached to an aromatic ring is 1. The second-order valence-electron chi connectivity index (χ2n) is 2.41. The first kappa shape index (κ1) is 10.1. The van der Waals surface area contributed by atoms with Crippen molar-refractivity contribution in [3.8, 4) is 0 Å². The van der Waals surface area contributed by atoms with Crippen LogP contribution in [-0.2, 0) is 0 Å². The van der Waals surface area contributed by atoms with E-state index in [0.717, 1.165) is 0 Å². The molecule has 3 N–H and O–H groups in total. The summed E-state index contributed by atoms with van der Waals surface area (Å²) in [4.78, 5) is 21.9. The second kappa shape index (κ2) is 3.40. The van der Waals surface area contributed by atoms with Gasteiger partial charge in [-0.15, -0.1) is 0 Å². The molecule has 14 heavy (non-hydrogen) atoms. The molecule has 8 heteroatoms. The van der Waals surface area contributed by atoms with Gasteiger partial charge in [0, 0.05) is 6.07 Å². The van der Waals surface area contributed by atoms with Crippen molar-refractivity contribution in [3.05, 3.63) is 32.1 Å². The van der Waals surface area contributed by atoms with E-state index in [2.05, 4.69) is 0 Å². The Labute approximate surface area is 75.5 Å². The summed E-state index contributed by atoms with van der Waals surface area (Å²) in [6, 6.07) is 0.685. The zero-order valence-corrected chi connectivity index (χ0v) is 6.66. The largest absolute Gasteiger partial charge is 0.385 e. The maximum absolute atomic E-state index is 12.2. The summed E-state index contributed by atoms with van der Waals surface area (Å²) in [5.74, 6) is -0.337. The van der Waals surface area contributed by atoms with Gasteiger partial charge in [0.2, 0.25) is 0 Å². The SMILES string of the molecule is Nc1cc(=O)c([N+](=O)[O-])c(C(F)F)[nH]1. The Bertz CT molecular complexity index is 429. The van der Waals surface area contributed by atoms with Crippen LogP contribution in [0.5, 0.6) is 0 Å². The van der Waals surface area contributed by atoms with Crippen LogP contribution >= 0.6 is 0 Å². The summed E-state index contributed by atoms with van der Waals surface area (Å²) >= 11 is 0. The first-order valence-corrected chi connectivity index (χ1v) is 3.38. The summed E-state index contributed by atoms with van der Waals surface area (Å²) in [6.45, 7) is 0. The summed E-state index contributed by atoms with van der Waals surface area (Å²) in [7, 11) is 0. The number of hydrogen-bond acceptors (Lipinski definition) is 4. The predicted octanol–water partition coefficient (Wildman–Crippen LogP) is 0.803. The van der Waals surface area contributed by atoms with Gasteiger partial charge in [-0.05, 0) is 0 Å². The van der Waals surface area contributed by atoms with Gasteiger partial charge in [0.1, 0.15) is 5.82 Å². The van der Waals surface area contributed by atoms with Gasteiger partial charge in [-0.2, -0.15) is 0 Å². The number of nitrogens with one attached hydrogen (secondary N) is 1. The molecule has 0 aliphatic rings. The highest BCUT2D eigenvalue weighted by Gasteiger charge is 2.26. The smallest absolute Gasteiger partial charge is 0.341 e. The average molecular weight is 205 g/mol. The number of rotatable bonds is 2. The quantitative estimate of drug-likeness (QED) is 0.550. The lowest BCUT2D eigenvalue weighted by Gasteiger charge is -2.02. The molecule has 0 unspecified atom stereocenters. The molecule has 0 bridgehead atoms. The molecule has 0 aliphatic heterocycles. The van der Waals surface area contributed by atoms with Crippen molar-refractivity contribution in [2.45, 2.75) is 6.43 Å². The summed E-state index contributed by atoms with van der Waals surface area (Å²) < 4.78 is 24.4. The standard InChI is InChI=1S/C6H5F2N3O3/c7-6(8)4-5(11(13)14)2(12)1-3(9)10-4/h1,6H,(H3,9,10,12). The van der Waals surface area contributed by atoms with E-state index in [9.17, 15) is 23.7 Å². The van der Waals surface area contributed by atoms with Gasteiger partial charge < -0.3 is 10.7 Å². The van der Waals surface area contributed by atoms with Gasteiger partial charge in [-0.25, -0.2) is 8.78 Å². The van der Waals surface area contributed by atoms with Crippen LogP contribution in [0.2, 0.25) is 0 Å². The summed E-state index contributed by atoms with van der Waals surface area (Å²) in [6.07, 6.45) is -3.15. The monoisotopic (exact) mass is 205 g/mol. The van der Waals surface area contributed by atoms with Gasteiger partial charge in [0.15, 0.2) is 5.69 Å². The Morgan fingerprint density at radius 2 is 2.14 bits per heavy atom. The molecule has 1 aromatic heterocycles. The van der Waals surface area contributed by atoms with Crippen molar-refractivity contribution in [3.63, 3.8) is 0 Å². The normalized spacial score (nSPS) is 10.5. The molecule has 0 radical (unpaired) electrons. The zero-order valence-electron chi connectivity index (χ0n) is 6.66. The van der Waals surface area contributed by atoms with Crippen LogP contribution in [0.3, 0.4) is 0 Å². The molecule has 76 valence electrons. The van der Waals surface area contributed by atoms with E-state index in [4.69, 9.17) is 5.73 Å². The number of H-pyrrole nitrogens is 1. The molecule has 0 saturated heterocycles. The summed E-state index contributed by atoms with van der Waals surface area (Å²) in [5, 5.41) is 10.3. The number of halogens is 2. The van der Waals surface area contributed by atoms with Crippen molar-refractivity contribution in [1.29, 1.82) is 0 Å². The number of aromatic amines is 1. The van der Waals surface area contributed by atoms with Gasteiger partial charge in [-0.1, -0.05) is 0 Å². The lowest BCUT2D eigenvalue weighted by atomic mass is 10.3. The highest BCUT2D eigenvalue weighted by molar-refractivity contribution is 5.43. The predicted molar refractivity (Wildman–Crippen MR) is 43.1 cm³/mol. The fourth-order valence-electron chi connectivity index (χ4n) is 0.939. The highest BCUT2D eigenvalue weighted by atomic mass is 19.3. The average Bonchev–Trinajstić information content (AvgIpc) is 2.01. The van der Waals surface area contributed by atoms with E-state index < -0.39 is 28.2 Å². The number of nitro groups is 1. The van der Waals surface area contributed by atoms with Crippen molar-refractivity contribution < 1.29 is 13.7 Å². The number of nitrogens with zero attached hydrogens (tertiary/aromatic N) is 1. The topological polar surface area (TPSA) is 102 Å². The number of anilines is 1. The molecule has 0 aliphatic carbocycles. The molecular weight excluding hydrogens is 200 g/mol. The van der Waals surface area contributed by atoms with Crippen LogP contribution in [0.15, 0.2) is 10.9 Å². The minimum absolute atomic E-state index is 0.337. The molecule has 1 rings (SSSR count). The van der Waals surface area contributed by atoms with Crippen LogP contribution in [0.4, 0.5) is 20.3 Å². The molecule has 0 amide bonds. The molecule has 0 fully saturated rings. The van der Waals surface area contributed by atoms with Gasteiger partial charge in [0.25, 0.3) is 11.9 Å².